The first-order valence-electron chi connectivity index (χ1n) is 8.35. The largest absolute Gasteiger partial charge is 0.324 e. The number of hydrogen-bond acceptors (Lipinski definition) is 6. The Hall–Kier alpha value is -2.19. The second-order valence-electron chi connectivity index (χ2n) is 6.03. The molecule has 0 aromatic carbocycles. The first-order chi connectivity index (χ1) is 12.3. The van der Waals surface area contributed by atoms with Gasteiger partial charge in [-0.05, 0) is 31.5 Å². The maximum absolute atomic E-state index is 12.6. The van der Waals surface area contributed by atoms with Crippen LogP contribution < -0.4 is 0 Å². The molecule has 3 heterocycles. The lowest BCUT2D eigenvalue weighted by Gasteiger charge is -2.11. The van der Waals surface area contributed by atoms with Crippen LogP contribution in [0.5, 0.6) is 0 Å². The predicted molar refractivity (Wildman–Crippen MR) is 106 cm³/mol. The van der Waals surface area contributed by atoms with Crippen LogP contribution in [0.3, 0.4) is 0 Å². The lowest BCUT2D eigenvalue weighted by molar-refractivity contribution is 0.597. The third-order valence-corrected chi connectivity index (χ3v) is 6.55. The minimum absolute atomic E-state index is 0.0101. The molecule has 3 aromatic rings. The molecule has 8 heteroatoms. The molecule has 0 radical (unpaired) electrons. The molecule has 0 saturated heterocycles. The molecular weight excluding hydrogens is 368 g/mol. The highest BCUT2D eigenvalue weighted by atomic mass is 32.2. The normalized spacial score (nSPS) is 11.8. The van der Waals surface area contributed by atoms with E-state index in [1.165, 1.54) is 0 Å². The molecule has 0 aliphatic heterocycles. The van der Waals surface area contributed by atoms with Crippen LogP contribution in [0.2, 0.25) is 0 Å². The van der Waals surface area contributed by atoms with Gasteiger partial charge in [-0.15, -0.1) is 0 Å². The maximum atomic E-state index is 12.6. The summed E-state index contributed by atoms with van der Waals surface area (Å²) < 4.78 is 27.0. The Kier molecular flexibility index (Phi) is 4.90. The fourth-order valence-corrected chi connectivity index (χ4v) is 3.88. The Balaban J connectivity index is 2.35. The molecule has 0 spiro atoms. The molecule has 0 unspecified atom stereocenters. The molecule has 0 amide bonds. The van der Waals surface area contributed by atoms with Gasteiger partial charge in [-0.3, -0.25) is 4.98 Å². The lowest BCUT2D eigenvalue weighted by atomic mass is 10.2. The van der Waals surface area contributed by atoms with Crippen molar-refractivity contribution < 1.29 is 8.42 Å². The number of fused-ring (bicyclic) bond motifs is 1. The number of thiocarbonyl (C=S) groups is 1. The first kappa shape index (κ1) is 18.6. The fraction of sp³-hybridized carbons (Fsp3) is 0.333. The molecule has 26 heavy (non-hydrogen) atoms. The number of hydrogen-bond donors (Lipinski definition) is 0. The Morgan fingerprint density at radius 1 is 1.23 bits per heavy atom. The van der Waals surface area contributed by atoms with Gasteiger partial charge < -0.3 is 4.57 Å². The molecule has 6 nitrogen and oxygen atoms in total. The minimum atomic E-state index is -3.46. The topological polar surface area (TPSA) is 77.7 Å². The van der Waals surface area contributed by atoms with Gasteiger partial charge in [-0.1, -0.05) is 26.1 Å². The maximum Gasteiger partial charge on any atom is 0.180 e. The summed E-state index contributed by atoms with van der Waals surface area (Å²) in [6, 6.07) is 5.13. The molecule has 3 rings (SSSR count). The zero-order valence-electron chi connectivity index (χ0n) is 15.1. The molecule has 0 aliphatic rings. The van der Waals surface area contributed by atoms with Crippen LogP contribution in [0.25, 0.3) is 22.6 Å². The van der Waals surface area contributed by atoms with Crippen molar-refractivity contribution in [2.45, 2.75) is 32.1 Å². The van der Waals surface area contributed by atoms with E-state index in [0.717, 1.165) is 16.7 Å². The molecule has 0 atom stereocenters. The summed E-state index contributed by atoms with van der Waals surface area (Å²) in [5, 5.41) is 0. The number of nitrogens with zero attached hydrogens (tertiary/aromatic N) is 4. The summed E-state index contributed by atoms with van der Waals surface area (Å²) >= 11 is 5.36. The van der Waals surface area contributed by atoms with Gasteiger partial charge in [-0.2, -0.15) is 0 Å². The van der Waals surface area contributed by atoms with Crippen molar-refractivity contribution in [3.05, 3.63) is 35.8 Å². The number of pyridine rings is 2. The van der Waals surface area contributed by atoms with E-state index in [1.54, 1.807) is 25.3 Å². The van der Waals surface area contributed by atoms with Gasteiger partial charge >= 0.3 is 0 Å². The second-order valence-corrected chi connectivity index (χ2v) is 8.77. The Morgan fingerprint density at radius 2 is 1.96 bits per heavy atom. The van der Waals surface area contributed by atoms with Gasteiger partial charge in [0.25, 0.3) is 0 Å². The van der Waals surface area contributed by atoms with Gasteiger partial charge in [0.2, 0.25) is 0 Å². The third kappa shape index (κ3) is 3.14. The van der Waals surface area contributed by atoms with E-state index in [-0.39, 0.29) is 10.6 Å². The number of aryl methyl sites for hydroxylation is 2. The molecule has 0 saturated carbocycles. The fourth-order valence-electron chi connectivity index (χ4n) is 2.75. The van der Waals surface area contributed by atoms with Gasteiger partial charge in [-0.25, -0.2) is 18.4 Å². The minimum Gasteiger partial charge on any atom is -0.324 e. The number of aromatic nitrogens is 4. The molecule has 3 aromatic heterocycles. The van der Waals surface area contributed by atoms with Crippen LogP contribution >= 0.6 is 12.2 Å². The Morgan fingerprint density at radius 3 is 2.62 bits per heavy atom. The second kappa shape index (κ2) is 6.85. The molecular formula is C18H20N4O2S2. The van der Waals surface area contributed by atoms with Crippen LogP contribution in [-0.4, -0.2) is 38.6 Å². The van der Waals surface area contributed by atoms with Crippen LogP contribution in [0, 0.1) is 6.92 Å². The summed E-state index contributed by atoms with van der Waals surface area (Å²) in [4.78, 5) is 14.4. The highest BCUT2D eigenvalue weighted by Crippen LogP contribution is 2.29. The van der Waals surface area contributed by atoms with E-state index in [9.17, 15) is 8.42 Å². The van der Waals surface area contributed by atoms with Crippen molar-refractivity contribution in [3.63, 3.8) is 0 Å². The first-order valence-corrected chi connectivity index (χ1v) is 10.4. The van der Waals surface area contributed by atoms with Gasteiger partial charge in [0.1, 0.15) is 5.69 Å². The van der Waals surface area contributed by atoms with Crippen molar-refractivity contribution in [2.75, 3.05) is 5.75 Å². The quantitative estimate of drug-likeness (QED) is 0.493. The molecule has 0 aliphatic carbocycles. The van der Waals surface area contributed by atoms with E-state index < -0.39 is 9.84 Å². The van der Waals surface area contributed by atoms with Crippen molar-refractivity contribution in [1.82, 2.24) is 19.5 Å². The van der Waals surface area contributed by atoms with Gasteiger partial charge in [0.05, 0.1) is 33.6 Å². The summed E-state index contributed by atoms with van der Waals surface area (Å²) in [7, 11) is -1.63. The van der Waals surface area contributed by atoms with Gasteiger partial charge in [0, 0.05) is 17.6 Å². The third-order valence-electron chi connectivity index (χ3n) is 4.30. The van der Waals surface area contributed by atoms with E-state index in [4.69, 9.17) is 12.2 Å². The SMILES string of the molecule is CCC(=S)c1ccc(S(=O)(=O)CC)c(-c2nc3cc(C)ncc3n2C)n1. The Bertz CT molecular complexity index is 1120. The van der Waals surface area contributed by atoms with Gasteiger partial charge in [0.15, 0.2) is 15.7 Å². The number of rotatable bonds is 5. The number of sulfone groups is 1. The van der Waals surface area contributed by atoms with Crippen molar-refractivity contribution in [2.24, 2.45) is 7.05 Å². The Labute approximate surface area is 158 Å². The predicted octanol–water partition coefficient (Wildman–Crippen LogP) is 3.26. The van der Waals surface area contributed by atoms with Crippen molar-refractivity contribution in [3.8, 4) is 11.5 Å². The van der Waals surface area contributed by atoms with Crippen LogP contribution in [0.1, 0.15) is 31.7 Å². The molecule has 0 fully saturated rings. The standard InChI is InChI=1S/C18H20N4O2S2/c1-5-15(25)12-7-8-16(26(23,24)6-2)17(20-12)18-21-13-9-11(3)19-10-14(13)22(18)4/h7-10H,5-6H2,1-4H3. The smallest absolute Gasteiger partial charge is 0.180 e. The van der Waals surface area contributed by atoms with E-state index in [0.29, 0.717) is 28.5 Å². The summed E-state index contributed by atoms with van der Waals surface area (Å²) in [5.41, 5.74) is 3.35. The summed E-state index contributed by atoms with van der Waals surface area (Å²) in [6.45, 7) is 5.45. The van der Waals surface area contributed by atoms with Crippen molar-refractivity contribution in [1.29, 1.82) is 0 Å². The highest BCUT2D eigenvalue weighted by Gasteiger charge is 2.24. The average molecular weight is 389 g/mol. The van der Waals surface area contributed by atoms with Crippen LogP contribution in [0.15, 0.2) is 29.3 Å². The highest BCUT2D eigenvalue weighted by molar-refractivity contribution is 7.91. The van der Waals surface area contributed by atoms with E-state index in [1.807, 2.05) is 31.5 Å². The molecule has 136 valence electrons. The zero-order valence-corrected chi connectivity index (χ0v) is 16.8. The van der Waals surface area contributed by atoms with E-state index in [2.05, 4.69) is 15.0 Å². The monoisotopic (exact) mass is 388 g/mol. The average Bonchev–Trinajstić information content (AvgIpc) is 2.96. The summed E-state index contributed by atoms with van der Waals surface area (Å²) in [5.74, 6) is 0.476. The molecule has 0 N–H and O–H groups in total. The van der Waals surface area contributed by atoms with Crippen LogP contribution in [0.4, 0.5) is 0 Å². The summed E-state index contributed by atoms with van der Waals surface area (Å²) in [6.07, 6.45) is 2.39. The van der Waals surface area contributed by atoms with Crippen LogP contribution in [-0.2, 0) is 16.9 Å². The van der Waals surface area contributed by atoms with Crippen molar-refractivity contribution >= 4 is 38.0 Å². The lowest BCUT2D eigenvalue weighted by Crippen LogP contribution is -2.11. The van der Waals surface area contributed by atoms with E-state index >= 15 is 0 Å². The molecule has 0 bridgehead atoms. The number of imidazole rings is 1. The zero-order chi connectivity index (χ0) is 19.1.